The Morgan fingerprint density at radius 1 is 1.67 bits per heavy atom. The van der Waals surface area contributed by atoms with Gasteiger partial charge in [-0.05, 0) is 32.9 Å². The summed E-state index contributed by atoms with van der Waals surface area (Å²) in [4.78, 5) is 0. The van der Waals surface area contributed by atoms with Gasteiger partial charge in [0.1, 0.15) is 0 Å². The molecule has 0 rings (SSSR count). The number of hydrogen-bond donors (Lipinski definition) is 2. The summed E-state index contributed by atoms with van der Waals surface area (Å²) in [6.45, 7) is 5.01. The molecule has 0 bridgehead atoms. The summed E-state index contributed by atoms with van der Waals surface area (Å²) in [5.74, 6) is 0.604. The van der Waals surface area contributed by atoms with Crippen LogP contribution >= 0.6 is 0 Å². The third-order valence-electron chi connectivity index (χ3n) is 1.21. The van der Waals surface area contributed by atoms with Gasteiger partial charge in [-0.1, -0.05) is 6.92 Å². The van der Waals surface area contributed by atoms with Gasteiger partial charge in [-0.2, -0.15) is 0 Å². The summed E-state index contributed by atoms with van der Waals surface area (Å²) in [5.41, 5.74) is 0.776. The first-order chi connectivity index (χ1) is 4.16. The molecule has 0 fully saturated rings. The first-order valence-corrected chi connectivity index (χ1v) is 3.35. The molecule has 0 aromatic rings. The van der Waals surface area contributed by atoms with Crippen LogP contribution in [0.15, 0.2) is 0 Å². The Hall–Kier alpha value is -0.370. The summed E-state index contributed by atoms with van der Waals surface area (Å²) in [5, 5.41) is 10.3. The third kappa shape index (κ3) is 5.50. The number of nitrogens with one attached hydrogen (secondary N) is 2. The average molecular weight is 128 g/mol. The molecule has 9 heavy (non-hydrogen) atoms. The van der Waals surface area contributed by atoms with Crippen LogP contribution in [0.3, 0.4) is 0 Å². The van der Waals surface area contributed by atoms with E-state index in [1.807, 2.05) is 14.0 Å². The van der Waals surface area contributed by atoms with Crippen LogP contribution in [0.1, 0.15) is 20.3 Å². The van der Waals surface area contributed by atoms with Gasteiger partial charge in [-0.15, -0.1) is 0 Å². The van der Waals surface area contributed by atoms with Crippen molar-refractivity contribution in [2.24, 2.45) is 5.92 Å². The molecule has 0 aliphatic heterocycles. The second-order valence-corrected chi connectivity index (χ2v) is 2.65. The normalized spacial score (nSPS) is 13.2. The van der Waals surface area contributed by atoms with E-state index in [0.717, 1.165) is 18.7 Å². The molecule has 1 atom stereocenters. The van der Waals surface area contributed by atoms with Crippen molar-refractivity contribution in [3.8, 4) is 0 Å². The van der Waals surface area contributed by atoms with Crippen molar-refractivity contribution in [3.63, 3.8) is 0 Å². The van der Waals surface area contributed by atoms with Crippen LogP contribution in [0.2, 0.25) is 0 Å². The van der Waals surface area contributed by atoms with Gasteiger partial charge in [0, 0.05) is 5.71 Å². The highest BCUT2D eigenvalue weighted by Gasteiger charge is 1.99. The van der Waals surface area contributed by atoms with Crippen molar-refractivity contribution in [1.29, 1.82) is 5.41 Å². The molecule has 2 nitrogen and oxygen atoms in total. The van der Waals surface area contributed by atoms with Gasteiger partial charge in [-0.25, -0.2) is 0 Å². The fourth-order valence-corrected chi connectivity index (χ4v) is 0.943. The van der Waals surface area contributed by atoms with Crippen LogP contribution in [0.5, 0.6) is 0 Å². The number of rotatable bonds is 4. The molecule has 54 valence electrons. The smallest absolute Gasteiger partial charge is 0.00613 e. The second kappa shape index (κ2) is 4.50. The largest absolute Gasteiger partial charge is 0.319 e. The summed E-state index contributed by atoms with van der Waals surface area (Å²) in [6.07, 6.45) is 0.918. The fraction of sp³-hybridized carbons (Fsp3) is 0.857. The molecule has 0 aliphatic carbocycles. The molecule has 0 saturated carbocycles. The van der Waals surface area contributed by atoms with Gasteiger partial charge in [0.15, 0.2) is 0 Å². The second-order valence-electron chi connectivity index (χ2n) is 2.65. The van der Waals surface area contributed by atoms with Crippen molar-refractivity contribution in [3.05, 3.63) is 0 Å². The lowest BCUT2D eigenvalue weighted by molar-refractivity contribution is 0.562. The maximum absolute atomic E-state index is 7.18. The van der Waals surface area contributed by atoms with Crippen LogP contribution in [-0.4, -0.2) is 19.3 Å². The van der Waals surface area contributed by atoms with Crippen molar-refractivity contribution >= 4 is 5.71 Å². The molecule has 0 heterocycles. The summed E-state index contributed by atoms with van der Waals surface area (Å²) in [6, 6.07) is 0. The predicted molar refractivity (Wildman–Crippen MR) is 41.1 cm³/mol. The highest BCUT2D eigenvalue weighted by molar-refractivity contribution is 5.78. The lowest BCUT2D eigenvalue weighted by Gasteiger charge is -2.07. The molecule has 0 aromatic heterocycles. The van der Waals surface area contributed by atoms with E-state index < -0.39 is 0 Å². The zero-order valence-electron chi connectivity index (χ0n) is 6.49. The molecule has 0 aromatic carbocycles. The van der Waals surface area contributed by atoms with Crippen LogP contribution < -0.4 is 5.32 Å². The topological polar surface area (TPSA) is 35.9 Å². The summed E-state index contributed by atoms with van der Waals surface area (Å²) >= 11 is 0. The first-order valence-electron chi connectivity index (χ1n) is 3.35. The van der Waals surface area contributed by atoms with Crippen LogP contribution in [0.4, 0.5) is 0 Å². The summed E-state index contributed by atoms with van der Waals surface area (Å²) < 4.78 is 0. The van der Waals surface area contributed by atoms with Crippen LogP contribution in [0, 0.1) is 11.3 Å². The van der Waals surface area contributed by atoms with Crippen molar-refractivity contribution in [2.45, 2.75) is 20.3 Å². The molecule has 2 heteroatoms. The Balaban J connectivity index is 3.26. The number of hydrogen-bond acceptors (Lipinski definition) is 2. The van der Waals surface area contributed by atoms with Gasteiger partial charge in [0.05, 0.1) is 0 Å². The monoisotopic (exact) mass is 128 g/mol. The van der Waals surface area contributed by atoms with Crippen molar-refractivity contribution < 1.29 is 0 Å². The van der Waals surface area contributed by atoms with Gasteiger partial charge in [0.2, 0.25) is 0 Å². The Bertz CT molecular complexity index is 88.9. The van der Waals surface area contributed by atoms with Gasteiger partial charge in [-0.3, -0.25) is 0 Å². The molecule has 0 aliphatic rings. The minimum absolute atomic E-state index is 0.604. The van der Waals surface area contributed by atoms with E-state index in [0.29, 0.717) is 5.92 Å². The maximum Gasteiger partial charge on any atom is 0.00613 e. The van der Waals surface area contributed by atoms with Gasteiger partial charge >= 0.3 is 0 Å². The Morgan fingerprint density at radius 2 is 2.22 bits per heavy atom. The van der Waals surface area contributed by atoms with E-state index in [-0.39, 0.29) is 0 Å². The standard InChI is InChI=1S/C7H16N2/c1-6(5-9-3)4-7(2)8/h6,8-9H,4-5H2,1-3H3. The van der Waals surface area contributed by atoms with E-state index in [1.165, 1.54) is 0 Å². The minimum Gasteiger partial charge on any atom is -0.319 e. The Kier molecular flexibility index (Phi) is 4.32. The maximum atomic E-state index is 7.18. The SMILES string of the molecule is CNCC(C)CC(C)=N. The minimum atomic E-state index is 0.604. The third-order valence-corrected chi connectivity index (χ3v) is 1.21. The van der Waals surface area contributed by atoms with E-state index in [1.54, 1.807) is 0 Å². The van der Waals surface area contributed by atoms with Gasteiger partial charge < -0.3 is 10.7 Å². The lowest BCUT2D eigenvalue weighted by Crippen LogP contribution is -2.17. The van der Waals surface area contributed by atoms with Crippen LogP contribution in [-0.2, 0) is 0 Å². The zero-order chi connectivity index (χ0) is 7.28. The van der Waals surface area contributed by atoms with E-state index in [9.17, 15) is 0 Å². The summed E-state index contributed by atoms with van der Waals surface area (Å²) in [7, 11) is 1.94. The highest BCUT2D eigenvalue weighted by atomic mass is 14.8. The molecule has 2 N–H and O–H groups in total. The Morgan fingerprint density at radius 3 is 2.56 bits per heavy atom. The molecule has 1 unspecified atom stereocenters. The van der Waals surface area contributed by atoms with Gasteiger partial charge in [0.25, 0.3) is 0 Å². The van der Waals surface area contributed by atoms with Crippen molar-refractivity contribution in [1.82, 2.24) is 5.32 Å². The molecule has 0 amide bonds. The van der Waals surface area contributed by atoms with E-state index in [4.69, 9.17) is 5.41 Å². The Labute approximate surface area is 57.2 Å². The van der Waals surface area contributed by atoms with E-state index in [2.05, 4.69) is 12.2 Å². The molecule has 0 saturated heterocycles. The predicted octanol–water partition coefficient (Wildman–Crippen LogP) is 1.27. The van der Waals surface area contributed by atoms with Crippen molar-refractivity contribution in [2.75, 3.05) is 13.6 Å². The fourth-order valence-electron chi connectivity index (χ4n) is 0.943. The zero-order valence-corrected chi connectivity index (χ0v) is 6.49. The highest BCUT2D eigenvalue weighted by Crippen LogP contribution is 1.99. The molecule has 0 radical (unpaired) electrons. The molecule has 0 spiro atoms. The van der Waals surface area contributed by atoms with Crippen LogP contribution in [0.25, 0.3) is 0 Å². The molecular weight excluding hydrogens is 112 g/mol. The quantitative estimate of drug-likeness (QED) is 0.549. The average Bonchev–Trinajstić information content (AvgIpc) is 1.63. The first kappa shape index (κ1) is 8.63. The molecular formula is C7H16N2. The lowest BCUT2D eigenvalue weighted by atomic mass is 10.1. The van der Waals surface area contributed by atoms with E-state index >= 15 is 0 Å².